The van der Waals surface area contributed by atoms with Crippen LogP contribution >= 0.6 is 11.3 Å². The molecule has 0 saturated carbocycles. The Morgan fingerprint density at radius 3 is 2.70 bits per heavy atom. The number of carbonyl (C=O) groups is 3. The Balaban J connectivity index is 1.45. The van der Waals surface area contributed by atoms with Gasteiger partial charge in [0.1, 0.15) is 5.54 Å². The number of rotatable bonds is 7. The van der Waals surface area contributed by atoms with Gasteiger partial charge in [-0.15, -0.1) is 11.3 Å². The summed E-state index contributed by atoms with van der Waals surface area (Å²) in [4.78, 5) is 47.2. The van der Waals surface area contributed by atoms with E-state index in [1.807, 2.05) is 44.2 Å². The van der Waals surface area contributed by atoms with Crippen molar-refractivity contribution in [1.29, 1.82) is 0 Å². The quantitative estimate of drug-likeness (QED) is 0.457. The third-order valence-corrected chi connectivity index (χ3v) is 6.67. The largest absolute Gasteiger partial charge is 0.352 e. The molecule has 9 nitrogen and oxygen atoms in total. The number of benzene rings is 1. The van der Waals surface area contributed by atoms with Gasteiger partial charge in [-0.1, -0.05) is 13.8 Å². The van der Waals surface area contributed by atoms with E-state index >= 15 is 0 Å². The highest BCUT2D eigenvalue weighted by molar-refractivity contribution is 7.22. The number of fused-ring (bicyclic) bond motifs is 1. The van der Waals surface area contributed by atoms with Gasteiger partial charge in [-0.3, -0.25) is 14.9 Å². The Hall–Kier alpha value is -3.53. The number of hydrogen-bond donors (Lipinski definition) is 3. The molecule has 10 heteroatoms. The molecule has 0 bridgehead atoms. The maximum atomic E-state index is 12.0. The Morgan fingerprint density at radius 1 is 1.21 bits per heavy atom. The van der Waals surface area contributed by atoms with Crippen LogP contribution in [0.15, 0.2) is 36.5 Å². The molecular weight excluding hydrogens is 440 g/mol. The van der Waals surface area contributed by atoms with Crippen LogP contribution in [0.4, 0.5) is 16.4 Å². The van der Waals surface area contributed by atoms with Crippen molar-refractivity contribution in [3.8, 4) is 10.6 Å². The first-order chi connectivity index (χ1) is 15.6. The van der Waals surface area contributed by atoms with Crippen molar-refractivity contribution in [2.75, 3.05) is 23.7 Å². The third-order valence-electron chi connectivity index (χ3n) is 5.53. The first-order valence-corrected chi connectivity index (χ1v) is 11.5. The predicted octanol–water partition coefficient (Wildman–Crippen LogP) is 3.70. The van der Waals surface area contributed by atoms with Crippen molar-refractivity contribution < 1.29 is 14.4 Å². The van der Waals surface area contributed by atoms with Crippen LogP contribution in [0.25, 0.3) is 20.7 Å². The SMILES string of the molecule is CC(C)C(=O)Nc1ccc2sc(-c3ccnc(NCCN4C(=O)NC(=O)C4(C)C)n3)cc2c1. The number of nitrogens with zero attached hydrogens (tertiary/aromatic N) is 3. The minimum Gasteiger partial charge on any atom is -0.352 e. The van der Waals surface area contributed by atoms with E-state index in [-0.39, 0.29) is 17.7 Å². The summed E-state index contributed by atoms with van der Waals surface area (Å²) in [7, 11) is 0. The lowest BCUT2D eigenvalue weighted by atomic mass is 10.0. The minimum atomic E-state index is -0.883. The summed E-state index contributed by atoms with van der Waals surface area (Å²) in [5.41, 5.74) is 0.658. The lowest BCUT2D eigenvalue weighted by Crippen LogP contribution is -2.46. The number of nitrogens with one attached hydrogen (secondary N) is 3. The maximum absolute atomic E-state index is 12.0. The highest BCUT2D eigenvalue weighted by Crippen LogP contribution is 2.34. The van der Waals surface area contributed by atoms with Crippen LogP contribution in [0.3, 0.4) is 0 Å². The molecule has 33 heavy (non-hydrogen) atoms. The van der Waals surface area contributed by atoms with E-state index in [1.165, 1.54) is 4.90 Å². The average molecular weight is 467 g/mol. The molecule has 1 fully saturated rings. The molecule has 1 saturated heterocycles. The molecule has 172 valence electrons. The zero-order chi connectivity index (χ0) is 23.8. The van der Waals surface area contributed by atoms with E-state index in [9.17, 15) is 14.4 Å². The monoisotopic (exact) mass is 466 g/mol. The van der Waals surface area contributed by atoms with Gasteiger partial charge in [-0.25, -0.2) is 14.8 Å². The van der Waals surface area contributed by atoms with Crippen molar-refractivity contribution >= 4 is 50.9 Å². The van der Waals surface area contributed by atoms with Gasteiger partial charge in [-0.2, -0.15) is 0 Å². The first kappa shape index (κ1) is 22.7. The summed E-state index contributed by atoms with van der Waals surface area (Å²) in [6, 6.07) is 9.34. The molecule has 4 amide bonds. The fourth-order valence-electron chi connectivity index (χ4n) is 3.47. The molecule has 4 rings (SSSR count). The summed E-state index contributed by atoms with van der Waals surface area (Å²) in [6.45, 7) is 7.89. The third kappa shape index (κ3) is 4.65. The highest BCUT2D eigenvalue weighted by atomic mass is 32.1. The number of urea groups is 1. The number of imide groups is 1. The Bertz CT molecular complexity index is 1240. The lowest BCUT2D eigenvalue weighted by Gasteiger charge is -2.27. The Labute approximate surface area is 195 Å². The van der Waals surface area contributed by atoms with Crippen molar-refractivity contribution in [2.24, 2.45) is 5.92 Å². The topological polar surface area (TPSA) is 116 Å². The van der Waals surface area contributed by atoms with E-state index in [2.05, 4.69) is 25.9 Å². The molecule has 0 spiro atoms. The average Bonchev–Trinajstić information content (AvgIpc) is 3.27. The molecule has 0 unspecified atom stereocenters. The van der Waals surface area contributed by atoms with Crippen LogP contribution < -0.4 is 16.0 Å². The van der Waals surface area contributed by atoms with Gasteiger partial charge in [0.05, 0.1) is 10.6 Å². The van der Waals surface area contributed by atoms with Crippen LogP contribution in [0.2, 0.25) is 0 Å². The molecule has 3 aromatic rings. The number of anilines is 2. The smallest absolute Gasteiger partial charge is 0.325 e. The number of aromatic nitrogens is 2. The number of amides is 4. The van der Waals surface area contributed by atoms with Crippen molar-refractivity contribution in [1.82, 2.24) is 20.2 Å². The standard InChI is InChI=1S/C23H26N6O3S/c1-13(2)19(30)26-15-5-6-17-14(11-15)12-18(33-17)16-7-8-24-21(27-16)25-9-10-29-22(32)28-20(31)23(29,3)4/h5-8,11-13H,9-10H2,1-4H3,(H,26,30)(H,24,25,27)(H,28,31,32). The van der Waals surface area contributed by atoms with E-state index in [0.717, 1.165) is 26.3 Å². The molecule has 1 aliphatic heterocycles. The number of carbonyl (C=O) groups excluding carboxylic acids is 3. The van der Waals surface area contributed by atoms with Crippen LogP contribution in [0.1, 0.15) is 27.7 Å². The summed E-state index contributed by atoms with van der Waals surface area (Å²) >= 11 is 1.61. The zero-order valence-corrected chi connectivity index (χ0v) is 19.7. The van der Waals surface area contributed by atoms with Gasteiger partial charge in [-0.05, 0) is 49.6 Å². The highest BCUT2D eigenvalue weighted by Gasteiger charge is 2.45. The second-order valence-corrected chi connectivity index (χ2v) is 9.75. The second kappa shape index (κ2) is 8.78. The normalized spacial score (nSPS) is 15.2. The summed E-state index contributed by atoms with van der Waals surface area (Å²) in [5.74, 6) is 0.0357. The minimum absolute atomic E-state index is 0.0181. The summed E-state index contributed by atoms with van der Waals surface area (Å²) in [5, 5.41) is 9.42. The molecule has 0 aliphatic carbocycles. The Morgan fingerprint density at radius 2 is 2.00 bits per heavy atom. The van der Waals surface area contributed by atoms with Gasteiger partial charge in [0.2, 0.25) is 11.9 Å². The molecule has 0 atom stereocenters. The molecule has 3 heterocycles. The Kier molecular flexibility index (Phi) is 6.03. The summed E-state index contributed by atoms with van der Waals surface area (Å²) in [6.07, 6.45) is 1.68. The molecule has 0 radical (unpaired) electrons. The van der Waals surface area contributed by atoms with Crippen LogP contribution in [0.5, 0.6) is 0 Å². The van der Waals surface area contributed by atoms with Crippen LogP contribution in [0, 0.1) is 5.92 Å². The van der Waals surface area contributed by atoms with Gasteiger partial charge in [0, 0.05) is 35.6 Å². The van der Waals surface area contributed by atoms with Gasteiger partial charge in [0.25, 0.3) is 5.91 Å². The van der Waals surface area contributed by atoms with Gasteiger partial charge in [0.15, 0.2) is 0 Å². The van der Waals surface area contributed by atoms with Crippen molar-refractivity contribution in [3.05, 3.63) is 36.5 Å². The predicted molar refractivity (Wildman–Crippen MR) is 129 cm³/mol. The number of thiophene rings is 1. The fraction of sp³-hybridized carbons (Fsp3) is 0.348. The van der Waals surface area contributed by atoms with E-state index < -0.39 is 11.6 Å². The lowest BCUT2D eigenvalue weighted by molar-refractivity contribution is -0.125. The maximum Gasteiger partial charge on any atom is 0.325 e. The summed E-state index contributed by atoms with van der Waals surface area (Å²) < 4.78 is 1.09. The molecule has 3 N–H and O–H groups in total. The van der Waals surface area contributed by atoms with Gasteiger partial charge >= 0.3 is 6.03 Å². The van der Waals surface area contributed by atoms with Gasteiger partial charge < -0.3 is 15.5 Å². The van der Waals surface area contributed by atoms with Crippen LogP contribution in [-0.4, -0.2) is 51.3 Å². The first-order valence-electron chi connectivity index (χ1n) is 10.7. The van der Waals surface area contributed by atoms with Crippen molar-refractivity contribution in [2.45, 2.75) is 33.2 Å². The molecule has 1 aliphatic rings. The van der Waals surface area contributed by atoms with E-state index in [0.29, 0.717) is 19.0 Å². The second-order valence-electron chi connectivity index (χ2n) is 8.67. The zero-order valence-electron chi connectivity index (χ0n) is 18.9. The van der Waals surface area contributed by atoms with Crippen molar-refractivity contribution in [3.63, 3.8) is 0 Å². The van der Waals surface area contributed by atoms with E-state index in [4.69, 9.17) is 0 Å². The molecule has 2 aromatic heterocycles. The van der Waals surface area contributed by atoms with Crippen LogP contribution in [-0.2, 0) is 9.59 Å². The molecule has 1 aromatic carbocycles. The number of hydrogen-bond acceptors (Lipinski definition) is 7. The fourth-order valence-corrected chi connectivity index (χ4v) is 4.48. The molecular formula is C23H26N6O3S. The van der Waals surface area contributed by atoms with E-state index in [1.54, 1.807) is 31.4 Å².